The highest BCUT2D eigenvalue weighted by atomic mass is 35.5. The van der Waals surface area contributed by atoms with Crippen LogP contribution in [0.15, 0.2) is 12.1 Å². The van der Waals surface area contributed by atoms with Gasteiger partial charge < -0.3 is 10.6 Å². The number of halogens is 1. The lowest BCUT2D eigenvalue weighted by molar-refractivity contribution is -0.123. The molecule has 2 unspecified atom stereocenters. The molecule has 2 N–H and O–H groups in total. The van der Waals surface area contributed by atoms with E-state index >= 15 is 0 Å². The SMILES string of the molecule is CC1CCC(C(N)=O)CN1C(=O)c1ccc(Cl)nn1. The Morgan fingerprint density at radius 1 is 1.37 bits per heavy atom. The summed E-state index contributed by atoms with van der Waals surface area (Å²) in [6.45, 7) is 2.28. The van der Waals surface area contributed by atoms with E-state index in [0.717, 1.165) is 6.42 Å². The minimum absolute atomic E-state index is 0.0561. The molecule has 0 saturated carbocycles. The molecule has 2 heterocycles. The number of carbonyl (C=O) groups is 2. The van der Waals surface area contributed by atoms with E-state index in [1.807, 2.05) is 6.92 Å². The first-order valence-electron chi connectivity index (χ1n) is 6.08. The predicted molar refractivity (Wildman–Crippen MR) is 69.5 cm³/mol. The van der Waals surface area contributed by atoms with Crippen LogP contribution in [0.1, 0.15) is 30.3 Å². The molecule has 19 heavy (non-hydrogen) atoms. The molecule has 1 saturated heterocycles. The molecule has 0 aromatic carbocycles. The molecule has 0 radical (unpaired) electrons. The molecule has 6 nitrogen and oxygen atoms in total. The van der Waals surface area contributed by atoms with Crippen molar-refractivity contribution in [2.45, 2.75) is 25.8 Å². The van der Waals surface area contributed by atoms with Gasteiger partial charge in [0.05, 0.1) is 5.92 Å². The molecule has 1 aliphatic rings. The highest BCUT2D eigenvalue weighted by Crippen LogP contribution is 2.23. The molecule has 2 rings (SSSR count). The number of amides is 2. The molecule has 1 fully saturated rings. The van der Waals surface area contributed by atoms with Gasteiger partial charge in [-0.25, -0.2) is 0 Å². The first kappa shape index (κ1) is 13.7. The quantitative estimate of drug-likeness (QED) is 0.871. The molecular formula is C12H15ClN4O2. The van der Waals surface area contributed by atoms with Crippen LogP contribution in [0.5, 0.6) is 0 Å². The Kier molecular flexibility index (Phi) is 3.99. The second kappa shape index (κ2) is 5.52. The Morgan fingerprint density at radius 3 is 2.68 bits per heavy atom. The number of aromatic nitrogens is 2. The molecule has 2 amide bonds. The van der Waals surface area contributed by atoms with E-state index in [2.05, 4.69) is 10.2 Å². The van der Waals surface area contributed by atoms with Crippen LogP contribution in [0.4, 0.5) is 0 Å². The minimum Gasteiger partial charge on any atom is -0.369 e. The number of primary amides is 1. The van der Waals surface area contributed by atoms with Gasteiger partial charge in [0.2, 0.25) is 5.91 Å². The third kappa shape index (κ3) is 3.01. The Balaban J connectivity index is 2.16. The number of nitrogens with zero attached hydrogens (tertiary/aromatic N) is 3. The van der Waals surface area contributed by atoms with E-state index < -0.39 is 0 Å². The number of piperidine rings is 1. The topological polar surface area (TPSA) is 89.2 Å². The lowest BCUT2D eigenvalue weighted by Gasteiger charge is -2.36. The number of rotatable bonds is 2. The monoisotopic (exact) mass is 282 g/mol. The van der Waals surface area contributed by atoms with Gasteiger partial charge in [-0.1, -0.05) is 11.6 Å². The molecule has 2 atom stereocenters. The summed E-state index contributed by atoms with van der Waals surface area (Å²) in [5.74, 6) is -0.907. The number of nitrogens with two attached hydrogens (primary N) is 1. The van der Waals surface area contributed by atoms with Crippen LogP contribution in [-0.2, 0) is 4.79 Å². The third-order valence-electron chi connectivity index (χ3n) is 3.40. The van der Waals surface area contributed by atoms with Crippen molar-refractivity contribution in [3.63, 3.8) is 0 Å². The highest BCUT2D eigenvalue weighted by molar-refractivity contribution is 6.29. The van der Waals surface area contributed by atoms with Crippen molar-refractivity contribution in [3.05, 3.63) is 23.0 Å². The third-order valence-corrected chi connectivity index (χ3v) is 3.60. The summed E-state index contributed by atoms with van der Waals surface area (Å²) in [6.07, 6.45) is 1.47. The first-order chi connectivity index (χ1) is 8.99. The van der Waals surface area contributed by atoms with Gasteiger partial charge in [-0.15, -0.1) is 10.2 Å². The number of hydrogen-bond donors (Lipinski definition) is 1. The van der Waals surface area contributed by atoms with Gasteiger partial charge in [0.15, 0.2) is 10.8 Å². The second-order valence-electron chi connectivity index (χ2n) is 4.72. The summed E-state index contributed by atoms with van der Waals surface area (Å²) < 4.78 is 0. The Morgan fingerprint density at radius 2 is 2.11 bits per heavy atom. The van der Waals surface area contributed by atoms with E-state index in [-0.39, 0.29) is 34.6 Å². The van der Waals surface area contributed by atoms with Crippen molar-refractivity contribution in [2.75, 3.05) is 6.54 Å². The Hall–Kier alpha value is -1.69. The molecule has 7 heteroatoms. The second-order valence-corrected chi connectivity index (χ2v) is 5.11. The summed E-state index contributed by atoms with van der Waals surface area (Å²) in [5.41, 5.74) is 5.53. The van der Waals surface area contributed by atoms with E-state index in [0.29, 0.717) is 13.0 Å². The lowest BCUT2D eigenvalue weighted by Crippen LogP contribution is -2.48. The van der Waals surface area contributed by atoms with E-state index in [9.17, 15) is 9.59 Å². The fourth-order valence-electron chi connectivity index (χ4n) is 2.20. The van der Waals surface area contributed by atoms with Gasteiger partial charge in [-0.3, -0.25) is 9.59 Å². The number of carbonyl (C=O) groups excluding carboxylic acids is 2. The Bertz CT molecular complexity index is 491. The number of hydrogen-bond acceptors (Lipinski definition) is 4. The van der Waals surface area contributed by atoms with Crippen LogP contribution in [0, 0.1) is 5.92 Å². The van der Waals surface area contributed by atoms with Crippen LogP contribution < -0.4 is 5.73 Å². The van der Waals surface area contributed by atoms with Crippen LogP contribution in [0.25, 0.3) is 0 Å². The fourth-order valence-corrected chi connectivity index (χ4v) is 2.30. The van der Waals surface area contributed by atoms with Crippen LogP contribution in [0.2, 0.25) is 5.15 Å². The van der Waals surface area contributed by atoms with E-state index in [4.69, 9.17) is 17.3 Å². The van der Waals surface area contributed by atoms with Gasteiger partial charge >= 0.3 is 0 Å². The summed E-state index contributed by atoms with van der Waals surface area (Å²) in [6, 6.07) is 3.10. The molecular weight excluding hydrogens is 268 g/mol. The molecule has 0 bridgehead atoms. The molecule has 0 spiro atoms. The Labute approximate surface area is 115 Å². The van der Waals surface area contributed by atoms with Crippen LogP contribution >= 0.6 is 11.6 Å². The summed E-state index contributed by atoms with van der Waals surface area (Å²) in [7, 11) is 0. The largest absolute Gasteiger partial charge is 0.369 e. The molecule has 1 aromatic heterocycles. The smallest absolute Gasteiger partial charge is 0.274 e. The van der Waals surface area contributed by atoms with Gasteiger partial charge in [-0.05, 0) is 31.9 Å². The van der Waals surface area contributed by atoms with Gasteiger partial charge in [0.25, 0.3) is 5.91 Å². The molecule has 1 aromatic rings. The van der Waals surface area contributed by atoms with Crippen molar-refractivity contribution in [1.29, 1.82) is 0 Å². The van der Waals surface area contributed by atoms with Crippen LogP contribution in [0.3, 0.4) is 0 Å². The first-order valence-corrected chi connectivity index (χ1v) is 6.46. The summed E-state index contributed by atoms with van der Waals surface area (Å²) in [4.78, 5) is 25.2. The average Bonchev–Trinajstić information content (AvgIpc) is 2.39. The van der Waals surface area contributed by atoms with Crippen molar-refractivity contribution < 1.29 is 9.59 Å². The standard InChI is InChI=1S/C12H15ClN4O2/c1-7-2-3-8(11(14)18)6-17(7)12(19)9-4-5-10(13)16-15-9/h4-5,7-8H,2-3,6H2,1H3,(H2,14,18). The molecule has 1 aliphatic heterocycles. The molecule has 102 valence electrons. The van der Waals surface area contributed by atoms with Crippen molar-refractivity contribution >= 4 is 23.4 Å². The normalized spacial score (nSPS) is 23.2. The zero-order chi connectivity index (χ0) is 14.0. The maximum atomic E-state index is 12.3. The van der Waals surface area contributed by atoms with Crippen molar-refractivity contribution in [2.24, 2.45) is 11.7 Å². The summed E-state index contributed by atoms with van der Waals surface area (Å²) >= 11 is 5.64. The maximum absolute atomic E-state index is 12.3. The van der Waals surface area contributed by atoms with Gasteiger partial charge in [-0.2, -0.15) is 0 Å². The predicted octanol–water partition coefficient (Wildman–Crippen LogP) is 0.856. The van der Waals surface area contributed by atoms with Gasteiger partial charge in [0, 0.05) is 12.6 Å². The minimum atomic E-state index is -0.369. The number of likely N-dealkylation sites (tertiary alicyclic amines) is 1. The maximum Gasteiger partial charge on any atom is 0.274 e. The van der Waals surface area contributed by atoms with Gasteiger partial charge in [0.1, 0.15) is 0 Å². The van der Waals surface area contributed by atoms with Crippen LogP contribution in [-0.4, -0.2) is 39.5 Å². The summed E-state index contributed by atoms with van der Waals surface area (Å²) in [5, 5.41) is 7.65. The zero-order valence-corrected chi connectivity index (χ0v) is 11.3. The van der Waals surface area contributed by atoms with E-state index in [1.54, 1.807) is 4.90 Å². The highest BCUT2D eigenvalue weighted by Gasteiger charge is 2.32. The van der Waals surface area contributed by atoms with E-state index in [1.165, 1.54) is 12.1 Å². The van der Waals surface area contributed by atoms with Crippen molar-refractivity contribution in [3.8, 4) is 0 Å². The van der Waals surface area contributed by atoms with Crippen molar-refractivity contribution in [1.82, 2.24) is 15.1 Å². The zero-order valence-electron chi connectivity index (χ0n) is 10.5. The fraction of sp³-hybridized carbons (Fsp3) is 0.500. The average molecular weight is 283 g/mol. The lowest BCUT2D eigenvalue weighted by atomic mass is 9.92. The molecule has 0 aliphatic carbocycles.